The number of esters is 1. The van der Waals surface area contributed by atoms with Gasteiger partial charge in [0.15, 0.2) is 0 Å². The van der Waals surface area contributed by atoms with E-state index in [4.69, 9.17) is 4.74 Å². The maximum Gasteiger partial charge on any atom is 0.378 e. The molecule has 6 nitrogen and oxygen atoms in total. The lowest BCUT2D eigenvalue weighted by atomic mass is 10.0. The number of aromatic nitrogens is 1. The lowest BCUT2D eigenvalue weighted by molar-refractivity contribution is -0.149. The van der Waals surface area contributed by atoms with Crippen LogP contribution in [0.4, 0.5) is 0 Å². The number of rotatable bonds is 6. The molecule has 0 aliphatic heterocycles. The monoisotopic (exact) mass is 329 g/mol. The summed E-state index contributed by atoms with van der Waals surface area (Å²) in [6.45, 7) is 4.61. The van der Waals surface area contributed by atoms with Crippen molar-refractivity contribution in [2.45, 2.75) is 13.8 Å². The van der Waals surface area contributed by atoms with Gasteiger partial charge in [-0.15, -0.1) is 0 Å². The van der Waals surface area contributed by atoms with Crippen LogP contribution < -0.4 is 4.74 Å². The zero-order valence-corrected chi connectivity index (χ0v) is 13.8. The van der Waals surface area contributed by atoms with Crippen LogP contribution in [0.1, 0.15) is 19.4 Å². The Morgan fingerprint density at radius 3 is 2.71 bits per heavy atom. The van der Waals surface area contributed by atoms with Crippen LogP contribution in [0.2, 0.25) is 0 Å². The molecule has 126 valence electrons. The Balaban J connectivity index is 2.46. The number of pyridine rings is 1. The first-order valence-corrected chi connectivity index (χ1v) is 7.48. The summed E-state index contributed by atoms with van der Waals surface area (Å²) in [7, 11) is 1.10. The number of ketones is 1. The van der Waals surface area contributed by atoms with Crippen LogP contribution in [0, 0.1) is 5.92 Å². The number of ether oxygens (including phenoxy) is 2. The number of methoxy groups -OCH3 is 1. The number of hydrogen-bond acceptors (Lipinski definition) is 6. The molecule has 0 saturated heterocycles. The van der Waals surface area contributed by atoms with Crippen molar-refractivity contribution in [3.63, 3.8) is 0 Å². The third-order valence-corrected chi connectivity index (χ3v) is 3.24. The molecule has 6 heteroatoms. The Hall–Kier alpha value is -2.89. The Bertz CT molecular complexity index is 795. The van der Waals surface area contributed by atoms with E-state index in [9.17, 15) is 14.7 Å². The van der Waals surface area contributed by atoms with Gasteiger partial charge in [0.2, 0.25) is 0 Å². The molecule has 2 rings (SSSR count). The smallest absolute Gasteiger partial charge is 0.378 e. The van der Waals surface area contributed by atoms with Crippen molar-refractivity contribution >= 4 is 28.4 Å². The molecule has 0 unspecified atom stereocenters. The minimum atomic E-state index is -1.04. The van der Waals surface area contributed by atoms with Crippen molar-refractivity contribution in [2.75, 3.05) is 13.7 Å². The van der Waals surface area contributed by atoms with Gasteiger partial charge in [-0.05, 0) is 24.1 Å². The van der Waals surface area contributed by atoms with Gasteiger partial charge >= 0.3 is 5.97 Å². The standard InChI is InChI=1S/C18H19NO5/c1-11(2)10-24-16-7-6-12(13-5-4-8-19-17(13)16)14(20)9-15(21)18(22)23-3/h4-9,11,20H,10H2,1-3H3/b14-9+. The number of hydrogen-bond donors (Lipinski definition) is 1. The van der Waals surface area contributed by atoms with Crippen LogP contribution in [-0.4, -0.2) is 35.6 Å². The zero-order chi connectivity index (χ0) is 17.7. The molecule has 0 atom stereocenters. The van der Waals surface area contributed by atoms with Gasteiger partial charge in [0.25, 0.3) is 5.78 Å². The molecule has 24 heavy (non-hydrogen) atoms. The van der Waals surface area contributed by atoms with E-state index in [1.807, 2.05) is 13.8 Å². The molecule has 0 aliphatic rings. The van der Waals surface area contributed by atoms with Crippen LogP contribution in [0.15, 0.2) is 36.5 Å². The van der Waals surface area contributed by atoms with Crippen molar-refractivity contribution in [3.8, 4) is 5.75 Å². The summed E-state index contributed by atoms with van der Waals surface area (Å²) in [5, 5.41) is 10.8. The van der Waals surface area contributed by atoms with Gasteiger partial charge in [0, 0.05) is 23.2 Å². The number of nitrogens with zero attached hydrogens (tertiary/aromatic N) is 1. The van der Waals surface area contributed by atoms with E-state index in [1.54, 1.807) is 30.5 Å². The van der Waals surface area contributed by atoms with Gasteiger partial charge in [0.1, 0.15) is 17.0 Å². The molecule has 1 heterocycles. The molecule has 1 aromatic carbocycles. The van der Waals surface area contributed by atoms with Crippen molar-refractivity contribution in [2.24, 2.45) is 5.92 Å². The van der Waals surface area contributed by atoms with Crippen LogP contribution in [0.25, 0.3) is 16.7 Å². The quantitative estimate of drug-likeness (QED) is 0.379. The predicted molar refractivity (Wildman–Crippen MR) is 89.7 cm³/mol. The molecule has 0 spiro atoms. The highest BCUT2D eigenvalue weighted by molar-refractivity contribution is 6.39. The third-order valence-electron chi connectivity index (χ3n) is 3.24. The molecule has 1 N–H and O–H groups in total. The molecule has 2 aromatic rings. The van der Waals surface area contributed by atoms with Gasteiger partial charge in [0.05, 0.1) is 13.7 Å². The molecular weight excluding hydrogens is 310 g/mol. The highest BCUT2D eigenvalue weighted by atomic mass is 16.5. The number of aliphatic hydroxyl groups is 1. The Morgan fingerprint density at radius 2 is 2.04 bits per heavy atom. The summed E-state index contributed by atoms with van der Waals surface area (Å²) in [5.74, 6) is -1.36. The van der Waals surface area contributed by atoms with Crippen LogP contribution in [0.5, 0.6) is 5.75 Å². The van der Waals surface area contributed by atoms with E-state index in [1.165, 1.54) is 0 Å². The van der Waals surface area contributed by atoms with Crippen molar-refractivity contribution in [3.05, 3.63) is 42.1 Å². The van der Waals surface area contributed by atoms with Crippen LogP contribution >= 0.6 is 0 Å². The molecule has 0 saturated carbocycles. The van der Waals surface area contributed by atoms with E-state index in [0.29, 0.717) is 34.7 Å². The van der Waals surface area contributed by atoms with Crippen molar-refractivity contribution in [1.82, 2.24) is 4.98 Å². The largest absolute Gasteiger partial charge is 0.507 e. The SMILES string of the molecule is COC(=O)C(=O)/C=C(/O)c1ccc(OCC(C)C)c2ncccc12. The van der Waals surface area contributed by atoms with Crippen LogP contribution in [-0.2, 0) is 14.3 Å². The van der Waals surface area contributed by atoms with Gasteiger partial charge in [-0.3, -0.25) is 9.78 Å². The Kier molecular flexibility index (Phi) is 5.52. The highest BCUT2D eigenvalue weighted by Crippen LogP contribution is 2.30. The third kappa shape index (κ3) is 3.90. The second-order valence-electron chi connectivity index (χ2n) is 5.60. The zero-order valence-electron chi connectivity index (χ0n) is 13.8. The molecule has 0 radical (unpaired) electrons. The maximum absolute atomic E-state index is 11.6. The van der Waals surface area contributed by atoms with E-state index < -0.39 is 11.8 Å². The topological polar surface area (TPSA) is 85.7 Å². The average molecular weight is 329 g/mol. The summed E-state index contributed by atoms with van der Waals surface area (Å²) in [6, 6.07) is 6.77. The molecule has 0 bridgehead atoms. The highest BCUT2D eigenvalue weighted by Gasteiger charge is 2.16. The first kappa shape index (κ1) is 17.5. The van der Waals surface area contributed by atoms with Gasteiger partial charge in [-0.1, -0.05) is 19.9 Å². The molecular formula is C18H19NO5. The van der Waals surface area contributed by atoms with E-state index in [0.717, 1.165) is 13.2 Å². The number of carbonyl (C=O) groups excluding carboxylic acids is 2. The second-order valence-corrected chi connectivity index (χ2v) is 5.60. The normalized spacial score (nSPS) is 11.6. The lowest BCUT2D eigenvalue weighted by Crippen LogP contribution is -2.13. The van der Waals surface area contributed by atoms with E-state index in [2.05, 4.69) is 9.72 Å². The van der Waals surface area contributed by atoms with Crippen LogP contribution in [0.3, 0.4) is 0 Å². The Morgan fingerprint density at radius 1 is 1.29 bits per heavy atom. The number of aliphatic hydroxyl groups excluding tert-OH is 1. The minimum Gasteiger partial charge on any atom is -0.507 e. The van der Waals surface area contributed by atoms with Gasteiger partial charge < -0.3 is 14.6 Å². The van der Waals surface area contributed by atoms with Gasteiger partial charge in [-0.25, -0.2) is 4.79 Å². The van der Waals surface area contributed by atoms with Crippen molar-refractivity contribution < 1.29 is 24.2 Å². The fourth-order valence-corrected chi connectivity index (χ4v) is 2.10. The second kappa shape index (κ2) is 7.59. The minimum absolute atomic E-state index is 0.334. The summed E-state index contributed by atoms with van der Waals surface area (Å²) in [6.07, 6.45) is 2.46. The maximum atomic E-state index is 11.6. The lowest BCUT2D eigenvalue weighted by Gasteiger charge is -2.12. The summed E-state index contributed by atoms with van der Waals surface area (Å²) < 4.78 is 10.1. The first-order valence-electron chi connectivity index (χ1n) is 7.48. The number of fused-ring (bicyclic) bond motifs is 1. The van der Waals surface area contributed by atoms with E-state index in [-0.39, 0.29) is 5.76 Å². The molecule has 1 aromatic heterocycles. The fourth-order valence-electron chi connectivity index (χ4n) is 2.10. The van der Waals surface area contributed by atoms with E-state index >= 15 is 0 Å². The van der Waals surface area contributed by atoms with Crippen molar-refractivity contribution in [1.29, 1.82) is 0 Å². The number of benzene rings is 1. The first-order chi connectivity index (χ1) is 11.4. The predicted octanol–water partition coefficient (Wildman–Crippen LogP) is 2.91. The summed E-state index contributed by atoms with van der Waals surface area (Å²) in [4.78, 5) is 27.1. The molecule has 0 amide bonds. The van der Waals surface area contributed by atoms with Gasteiger partial charge in [-0.2, -0.15) is 0 Å². The Labute approximate surface area is 139 Å². The fraction of sp³-hybridized carbons (Fsp3) is 0.278. The molecule has 0 aliphatic carbocycles. The summed E-state index contributed by atoms with van der Waals surface area (Å²) in [5.41, 5.74) is 0.952. The number of carbonyl (C=O) groups is 2. The average Bonchev–Trinajstić information content (AvgIpc) is 2.58. The summed E-state index contributed by atoms with van der Waals surface area (Å²) >= 11 is 0. The molecule has 0 fully saturated rings.